The molecule has 0 saturated heterocycles. The summed E-state index contributed by atoms with van der Waals surface area (Å²) in [7, 11) is 3.14. The monoisotopic (exact) mass is 291 g/mol. The Kier molecular flexibility index (Phi) is 4.29. The Balaban J connectivity index is 2.19. The second-order valence-corrected chi connectivity index (χ2v) is 4.99. The predicted octanol–water partition coefficient (Wildman–Crippen LogP) is 1.87. The zero-order valence-corrected chi connectivity index (χ0v) is 12.0. The van der Waals surface area contributed by atoms with Gasteiger partial charge in [-0.05, 0) is 37.9 Å². The molecule has 0 radical (unpaired) electrons. The Morgan fingerprint density at radius 1 is 1.57 bits per heavy atom. The average Bonchev–Trinajstić information content (AvgIpc) is 3.34. The largest absolute Gasteiger partial charge is 0.496 e. The van der Waals surface area contributed by atoms with E-state index in [9.17, 15) is 15.4 Å². The highest BCUT2D eigenvalue weighted by Crippen LogP contribution is 2.40. The van der Waals surface area contributed by atoms with Crippen LogP contribution in [0.3, 0.4) is 0 Å². The Hall–Kier alpha value is -2.33. The molecule has 1 aromatic carbocycles. The van der Waals surface area contributed by atoms with Crippen LogP contribution in [0.5, 0.6) is 11.5 Å². The van der Waals surface area contributed by atoms with Crippen molar-refractivity contribution in [1.29, 1.82) is 5.26 Å². The number of nitrogens with one attached hydrogen (secondary N) is 1. The van der Waals surface area contributed by atoms with E-state index in [0.717, 1.165) is 12.8 Å². The van der Waals surface area contributed by atoms with Crippen LogP contribution < -0.4 is 14.8 Å². The van der Waals surface area contributed by atoms with Crippen molar-refractivity contribution in [3.05, 3.63) is 28.3 Å². The normalized spacial score (nSPS) is 16.6. The number of hydrogen-bond donors (Lipinski definition) is 1. The zero-order valence-electron chi connectivity index (χ0n) is 12.0. The van der Waals surface area contributed by atoms with Gasteiger partial charge in [0.15, 0.2) is 5.75 Å². The lowest BCUT2D eigenvalue weighted by atomic mass is 9.96. The molecule has 0 bridgehead atoms. The SMILES string of the molecule is CNC(C#N)(COc1ccc(OC)cc1[N+](=O)[O-])C1CC1. The lowest BCUT2D eigenvalue weighted by Gasteiger charge is -2.25. The van der Waals surface area contributed by atoms with Crippen molar-refractivity contribution in [2.24, 2.45) is 5.92 Å². The third kappa shape index (κ3) is 3.06. The Bertz CT molecular complexity index is 580. The van der Waals surface area contributed by atoms with Crippen LogP contribution in [0.1, 0.15) is 12.8 Å². The molecule has 1 atom stereocenters. The number of nitro groups is 1. The minimum atomic E-state index is -0.798. The van der Waals surface area contributed by atoms with Gasteiger partial charge in [0.25, 0.3) is 0 Å². The van der Waals surface area contributed by atoms with Crippen LogP contribution in [-0.4, -0.2) is 31.2 Å². The molecule has 0 aliphatic heterocycles. The predicted molar refractivity (Wildman–Crippen MR) is 75.3 cm³/mol. The van der Waals surface area contributed by atoms with E-state index in [1.165, 1.54) is 19.2 Å². The maximum Gasteiger partial charge on any atom is 0.314 e. The van der Waals surface area contributed by atoms with Crippen molar-refractivity contribution in [3.8, 4) is 17.6 Å². The molecule has 2 rings (SSSR count). The van der Waals surface area contributed by atoms with E-state index in [-0.39, 0.29) is 24.0 Å². The minimum Gasteiger partial charge on any atom is -0.496 e. The molecule has 7 nitrogen and oxygen atoms in total. The van der Waals surface area contributed by atoms with E-state index >= 15 is 0 Å². The van der Waals surface area contributed by atoms with Gasteiger partial charge in [-0.25, -0.2) is 0 Å². The van der Waals surface area contributed by atoms with Gasteiger partial charge in [-0.2, -0.15) is 5.26 Å². The number of nitriles is 1. The topological polar surface area (TPSA) is 97.4 Å². The van der Waals surface area contributed by atoms with E-state index in [1.54, 1.807) is 13.1 Å². The van der Waals surface area contributed by atoms with E-state index in [2.05, 4.69) is 11.4 Å². The molecule has 1 aliphatic rings. The summed E-state index contributed by atoms with van der Waals surface area (Å²) in [6.45, 7) is 0.0673. The smallest absolute Gasteiger partial charge is 0.314 e. The fourth-order valence-electron chi connectivity index (χ4n) is 2.23. The van der Waals surface area contributed by atoms with E-state index in [1.807, 2.05) is 0 Å². The third-order valence-electron chi connectivity index (χ3n) is 3.74. The number of nitrogens with zero attached hydrogens (tertiary/aromatic N) is 2. The summed E-state index contributed by atoms with van der Waals surface area (Å²) in [6, 6.07) is 6.62. The number of likely N-dealkylation sites (N-methyl/N-ethyl adjacent to an activating group) is 1. The molecular weight excluding hydrogens is 274 g/mol. The van der Waals surface area contributed by atoms with Crippen molar-refractivity contribution in [3.63, 3.8) is 0 Å². The number of hydrogen-bond acceptors (Lipinski definition) is 6. The van der Waals surface area contributed by atoms with Gasteiger partial charge >= 0.3 is 5.69 Å². The Labute approximate surface area is 122 Å². The van der Waals surface area contributed by atoms with Crippen molar-refractivity contribution in [1.82, 2.24) is 5.32 Å². The van der Waals surface area contributed by atoms with Crippen molar-refractivity contribution < 1.29 is 14.4 Å². The molecule has 112 valence electrons. The highest BCUT2D eigenvalue weighted by Gasteiger charge is 2.45. The van der Waals surface area contributed by atoms with Crippen molar-refractivity contribution in [2.45, 2.75) is 18.4 Å². The van der Waals surface area contributed by atoms with Gasteiger partial charge in [-0.15, -0.1) is 0 Å². The van der Waals surface area contributed by atoms with Crippen LogP contribution in [0.25, 0.3) is 0 Å². The molecule has 21 heavy (non-hydrogen) atoms. The van der Waals surface area contributed by atoms with E-state index in [4.69, 9.17) is 9.47 Å². The van der Waals surface area contributed by atoms with Crippen LogP contribution in [0, 0.1) is 27.4 Å². The summed E-state index contributed by atoms with van der Waals surface area (Å²) in [6.07, 6.45) is 1.92. The molecule has 1 fully saturated rings. The number of ether oxygens (including phenoxy) is 2. The Morgan fingerprint density at radius 2 is 2.29 bits per heavy atom. The molecular formula is C14H17N3O4. The summed E-state index contributed by atoms with van der Waals surface area (Å²) >= 11 is 0. The van der Waals surface area contributed by atoms with Gasteiger partial charge < -0.3 is 9.47 Å². The lowest BCUT2D eigenvalue weighted by molar-refractivity contribution is -0.386. The molecule has 1 aromatic rings. The molecule has 1 saturated carbocycles. The second-order valence-electron chi connectivity index (χ2n) is 4.99. The zero-order chi connectivity index (χ0) is 15.5. The summed E-state index contributed by atoms with van der Waals surface area (Å²) in [5, 5.41) is 23.5. The Morgan fingerprint density at radius 3 is 2.76 bits per heavy atom. The van der Waals surface area contributed by atoms with Crippen LogP contribution in [0.4, 0.5) is 5.69 Å². The lowest BCUT2D eigenvalue weighted by Crippen LogP contribution is -2.49. The summed E-state index contributed by atoms with van der Waals surface area (Å²) in [5.41, 5.74) is -0.971. The fraction of sp³-hybridized carbons (Fsp3) is 0.500. The third-order valence-corrected chi connectivity index (χ3v) is 3.74. The number of nitro benzene ring substituents is 1. The quantitative estimate of drug-likeness (QED) is 0.608. The van der Waals surface area contributed by atoms with E-state index < -0.39 is 10.5 Å². The molecule has 1 aliphatic carbocycles. The fourth-order valence-corrected chi connectivity index (χ4v) is 2.23. The molecule has 0 spiro atoms. The summed E-state index contributed by atoms with van der Waals surface area (Å²) in [4.78, 5) is 10.6. The highest BCUT2D eigenvalue weighted by molar-refractivity contribution is 5.51. The first kappa shape index (κ1) is 15.1. The molecule has 7 heteroatoms. The van der Waals surface area contributed by atoms with E-state index in [0.29, 0.717) is 5.75 Å². The van der Waals surface area contributed by atoms with Crippen LogP contribution in [0.15, 0.2) is 18.2 Å². The molecule has 0 amide bonds. The maximum atomic E-state index is 11.1. The van der Waals surface area contributed by atoms with Crippen LogP contribution in [-0.2, 0) is 0 Å². The first-order chi connectivity index (χ1) is 10.1. The maximum absolute atomic E-state index is 11.1. The number of rotatable bonds is 7. The highest BCUT2D eigenvalue weighted by atomic mass is 16.6. The first-order valence-electron chi connectivity index (χ1n) is 6.61. The number of methoxy groups -OCH3 is 1. The first-order valence-corrected chi connectivity index (χ1v) is 6.61. The van der Waals surface area contributed by atoms with Crippen molar-refractivity contribution in [2.75, 3.05) is 20.8 Å². The minimum absolute atomic E-state index is 0.0673. The van der Waals surface area contributed by atoms with Gasteiger partial charge in [0, 0.05) is 0 Å². The van der Waals surface area contributed by atoms with Gasteiger partial charge in [-0.3, -0.25) is 15.4 Å². The van der Waals surface area contributed by atoms with Crippen molar-refractivity contribution >= 4 is 5.69 Å². The van der Waals surface area contributed by atoms with Gasteiger partial charge in [0.05, 0.1) is 24.2 Å². The number of benzene rings is 1. The molecule has 0 heterocycles. The summed E-state index contributed by atoms with van der Waals surface area (Å²) < 4.78 is 10.5. The molecule has 1 N–H and O–H groups in total. The second kappa shape index (κ2) is 5.97. The summed E-state index contributed by atoms with van der Waals surface area (Å²) in [5.74, 6) is 0.748. The average molecular weight is 291 g/mol. The van der Waals surface area contributed by atoms with Crippen LogP contribution in [0.2, 0.25) is 0 Å². The standard InChI is InChI=1S/C14H17N3O4/c1-16-14(8-15,10-3-4-10)9-21-13-6-5-11(20-2)7-12(13)17(18)19/h5-7,10,16H,3-4,9H2,1-2H3. The van der Waals surface area contributed by atoms with Gasteiger partial charge in [0.2, 0.25) is 0 Å². The van der Waals surface area contributed by atoms with Gasteiger partial charge in [0.1, 0.15) is 17.9 Å². The van der Waals surface area contributed by atoms with Crippen LogP contribution >= 0.6 is 0 Å². The molecule has 0 aromatic heterocycles. The van der Waals surface area contributed by atoms with Gasteiger partial charge in [-0.1, -0.05) is 0 Å². The molecule has 1 unspecified atom stereocenters.